The lowest BCUT2D eigenvalue weighted by molar-refractivity contribution is 0.386. The third-order valence-electron chi connectivity index (χ3n) is 1.93. The van der Waals surface area contributed by atoms with E-state index in [0.717, 1.165) is 16.9 Å². The molecule has 1 aliphatic carbocycles. The van der Waals surface area contributed by atoms with E-state index in [1.165, 1.54) is 0 Å². The molecule has 6 heteroatoms. The summed E-state index contributed by atoms with van der Waals surface area (Å²) in [7, 11) is -1.48. The summed E-state index contributed by atoms with van der Waals surface area (Å²) in [5.74, 6) is -0.657. The molecular weight excluding hydrogens is 220 g/mol. The van der Waals surface area contributed by atoms with Crippen molar-refractivity contribution in [1.29, 1.82) is 0 Å². The molecule has 78 valence electrons. The van der Waals surface area contributed by atoms with Gasteiger partial charge in [0.1, 0.15) is 0 Å². The highest BCUT2D eigenvalue weighted by Gasteiger charge is 2.21. The molecule has 0 aromatic carbocycles. The summed E-state index contributed by atoms with van der Waals surface area (Å²) in [4.78, 5) is 0.832. The number of hydrogen-bond donors (Lipinski definition) is 3. The molecule has 1 unspecified atom stereocenters. The van der Waals surface area contributed by atoms with Crippen LogP contribution in [0.5, 0.6) is 0 Å². The molecule has 0 aromatic heterocycles. The van der Waals surface area contributed by atoms with Gasteiger partial charge in [0.15, 0.2) is 0 Å². The Balaban J connectivity index is 0.00000169. The SMILES string of the molecule is Cl.NC(CC1=CC=CCC1=S)B(O)O. The van der Waals surface area contributed by atoms with Gasteiger partial charge in [0.05, 0.1) is 0 Å². The molecule has 0 saturated carbocycles. The quantitative estimate of drug-likeness (QED) is 0.487. The summed E-state index contributed by atoms with van der Waals surface area (Å²) >= 11 is 5.09. The fourth-order valence-corrected chi connectivity index (χ4v) is 1.37. The van der Waals surface area contributed by atoms with Crippen molar-refractivity contribution in [2.75, 3.05) is 0 Å². The van der Waals surface area contributed by atoms with Crippen LogP contribution in [0.15, 0.2) is 23.8 Å². The first-order chi connectivity index (χ1) is 6.11. The van der Waals surface area contributed by atoms with E-state index in [0.29, 0.717) is 6.42 Å². The van der Waals surface area contributed by atoms with E-state index in [9.17, 15) is 0 Å². The van der Waals surface area contributed by atoms with Crippen LogP contribution in [0.1, 0.15) is 12.8 Å². The van der Waals surface area contributed by atoms with E-state index in [-0.39, 0.29) is 12.4 Å². The fourth-order valence-electron chi connectivity index (χ4n) is 1.12. The monoisotopic (exact) mass is 233 g/mol. The number of allylic oxidation sites excluding steroid dienone is 3. The third-order valence-corrected chi connectivity index (χ3v) is 2.36. The van der Waals surface area contributed by atoms with E-state index in [1.807, 2.05) is 18.2 Å². The van der Waals surface area contributed by atoms with E-state index < -0.39 is 13.1 Å². The normalized spacial score (nSPS) is 17.1. The molecule has 0 fully saturated rings. The zero-order valence-electron chi connectivity index (χ0n) is 7.59. The number of halogens is 1. The van der Waals surface area contributed by atoms with Crippen LogP contribution in [0, 0.1) is 0 Å². The van der Waals surface area contributed by atoms with Crippen molar-refractivity contribution in [2.24, 2.45) is 5.73 Å². The molecule has 0 heterocycles. The van der Waals surface area contributed by atoms with Gasteiger partial charge in [-0.2, -0.15) is 0 Å². The molecular formula is C8H13BClNO2S. The second-order valence-corrected chi connectivity index (χ2v) is 3.52. The van der Waals surface area contributed by atoms with E-state index >= 15 is 0 Å². The Morgan fingerprint density at radius 2 is 2.21 bits per heavy atom. The summed E-state index contributed by atoms with van der Waals surface area (Å²) < 4.78 is 0. The zero-order valence-corrected chi connectivity index (χ0v) is 9.22. The van der Waals surface area contributed by atoms with Gasteiger partial charge in [-0.15, -0.1) is 12.4 Å². The lowest BCUT2D eigenvalue weighted by atomic mass is 9.76. The third kappa shape index (κ3) is 3.90. The molecule has 1 atom stereocenters. The predicted octanol–water partition coefficient (Wildman–Crippen LogP) is 0.394. The van der Waals surface area contributed by atoms with E-state index in [2.05, 4.69) is 0 Å². The first-order valence-corrected chi connectivity index (χ1v) is 4.52. The van der Waals surface area contributed by atoms with Crippen LogP contribution in [0.25, 0.3) is 0 Å². The molecule has 4 N–H and O–H groups in total. The molecule has 1 rings (SSSR count). The molecule has 0 aromatic rings. The van der Waals surface area contributed by atoms with Crippen LogP contribution >= 0.6 is 24.6 Å². The standard InChI is InChI=1S/C8H12BNO2S.ClH/c10-8(9(11)12)5-6-3-1-2-4-7(6)13;/h1-3,8,11-12H,4-5,10H2;1H. The number of hydrogen-bond acceptors (Lipinski definition) is 4. The van der Waals surface area contributed by atoms with Gasteiger partial charge >= 0.3 is 7.12 Å². The molecule has 0 radical (unpaired) electrons. The number of rotatable bonds is 3. The summed E-state index contributed by atoms with van der Waals surface area (Å²) in [6.07, 6.45) is 6.90. The van der Waals surface area contributed by atoms with Gasteiger partial charge in [0, 0.05) is 17.2 Å². The largest absolute Gasteiger partial charge is 0.469 e. The maximum absolute atomic E-state index is 8.78. The number of nitrogens with two attached hydrogens (primary N) is 1. The Labute approximate surface area is 95.2 Å². The topological polar surface area (TPSA) is 66.5 Å². The van der Waals surface area contributed by atoms with E-state index in [1.54, 1.807) is 0 Å². The second kappa shape index (κ2) is 6.32. The highest BCUT2D eigenvalue weighted by atomic mass is 35.5. The Bertz CT molecular complexity index is 268. The van der Waals surface area contributed by atoms with Crippen LogP contribution in [0.4, 0.5) is 0 Å². The lowest BCUT2D eigenvalue weighted by Gasteiger charge is -2.14. The molecule has 0 amide bonds. The summed E-state index contributed by atoms with van der Waals surface area (Å²) in [5.41, 5.74) is 6.41. The van der Waals surface area contributed by atoms with Gasteiger partial charge in [-0.1, -0.05) is 30.4 Å². The van der Waals surface area contributed by atoms with Gasteiger partial charge in [0.25, 0.3) is 0 Å². The van der Waals surface area contributed by atoms with Crippen LogP contribution < -0.4 is 5.73 Å². The highest BCUT2D eigenvalue weighted by molar-refractivity contribution is 7.80. The van der Waals surface area contributed by atoms with Gasteiger partial charge < -0.3 is 15.8 Å². The Hall–Kier alpha value is -0.195. The van der Waals surface area contributed by atoms with Crippen molar-refractivity contribution >= 4 is 36.6 Å². The average Bonchev–Trinajstić information content (AvgIpc) is 2.08. The van der Waals surface area contributed by atoms with Crippen molar-refractivity contribution in [1.82, 2.24) is 0 Å². The van der Waals surface area contributed by atoms with Gasteiger partial charge in [-0.05, 0) is 12.0 Å². The Kier molecular flexibility index (Phi) is 6.23. The second-order valence-electron chi connectivity index (χ2n) is 3.03. The molecule has 0 aliphatic heterocycles. The first-order valence-electron chi connectivity index (χ1n) is 4.12. The first kappa shape index (κ1) is 13.8. The summed E-state index contributed by atoms with van der Waals surface area (Å²) in [6.45, 7) is 0. The van der Waals surface area contributed by atoms with Crippen molar-refractivity contribution in [2.45, 2.75) is 18.8 Å². The minimum Gasteiger partial charge on any atom is -0.426 e. The lowest BCUT2D eigenvalue weighted by Crippen LogP contribution is -2.39. The molecule has 3 nitrogen and oxygen atoms in total. The number of thiocarbonyl (C=S) groups is 1. The van der Waals surface area contributed by atoms with Crippen LogP contribution in [-0.2, 0) is 0 Å². The summed E-state index contributed by atoms with van der Waals surface area (Å²) in [5, 5.41) is 17.6. The maximum atomic E-state index is 8.78. The fraction of sp³-hybridized carbons (Fsp3) is 0.375. The maximum Gasteiger partial charge on any atom is 0.469 e. The molecule has 0 spiro atoms. The van der Waals surface area contributed by atoms with Crippen LogP contribution in [0.3, 0.4) is 0 Å². The van der Waals surface area contributed by atoms with Gasteiger partial charge in [-0.25, -0.2) is 0 Å². The van der Waals surface area contributed by atoms with Crippen LogP contribution in [0.2, 0.25) is 0 Å². The summed E-state index contributed by atoms with van der Waals surface area (Å²) in [6, 6.07) is 0. The highest BCUT2D eigenvalue weighted by Crippen LogP contribution is 2.15. The molecule has 14 heavy (non-hydrogen) atoms. The Morgan fingerprint density at radius 3 is 2.71 bits per heavy atom. The predicted molar refractivity (Wildman–Crippen MR) is 64.5 cm³/mol. The van der Waals surface area contributed by atoms with Gasteiger partial charge in [0.2, 0.25) is 0 Å². The molecule has 0 saturated heterocycles. The van der Waals surface area contributed by atoms with Crippen LogP contribution in [-0.4, -0.2) is 28.0 Å². The molecule has 1 aliphatic rings. The van der Waals surface area contributed by atoms with Crippen molar-refractivity contribution in [3.05, 3.63) is 23.8 Å². The van der Waals surface area contributed by atoms with Crippen molar-refractivity contribution in [3.8, 4) is 0 Å². The zero-order chi connectivity index (χ0) is 9.84. The minimum absolute atomic E-state index is 0. The van der Waals surface area contributed by atoms with Gasteiger partial charge in [-0.3, -0.25) is 0 Å². The smallest absolute Gasteiger partial charge is 0.426 e. The minimum atomic E-state index is -1.48. The van der Waals surface area contributed by atoms with E-state index in [4.69, 9.17) is 28.0 Å². The van der Waals surface area contributed by atoms with Crippen molar-refractivity contribution < 1.29 is 10.0 Å². The average molecular weight is 234 g/mol. The van der Waals surface area contributed by atoms with Crippen molar-refractivity contribution in [3.63, 3.8) is 0 Å². The molecule has 0 bridgehead atoms. The Morgan fingerprint density at radius 1 is 1.57 bits per heavy atom.